The number of carboxylic acids is 1. The van der Waals surface area contributed by atoms with Gasteiger partial charge in [0.15, 0.2) is 5.82 Å². The number of halogens is 3. The van der Waals surface area contributed by atoms with Gasteiger partial charge in [-0.25, -0.2) is 17.8 Å². The molecule has 3 aromatic rings. The fourth-order valence-electron chi connectivity index (χ4n) is 2.90. The van der Waals surface area contributed by atoms with Gasteiger partial charge in [-0.3, -0.25) is 9.52 Å². The van der Waals surface area contributed by atoms with Gasteiger partial charge in [-0.2, -0.15) is 0 Å². The second-order valence-corrected chi connectivity index (χ2v) is 10.4. The van der Waals surface area contributed by atoms with Gasteiger partial charge in [0.25, 0.3) is 10.0 Å². The Labute approximate surface area is 209 Å². The van der Waals surface area contributed by atoms with Crippen LogP contribution < -0.4 is 14.8 Å². The van der Waals surface area contributed by atoms with Crippen molar-refractivity contribution in [2.75, 3.05) is 11.3 Å². The van der Waals surface area contributed by atoms with E-state index in [4.69, 9.17) is 33.0 Å². The molecule has 1 atom stereocenters. The first-order valence-corrected chi connectivity index (χ1v) is 13.1. The third kappa shape index (κ3) is 6.80. The number of carboxylic acid groups (broad SMARTS) is 1. The number of ether oxygens (including phenoxy) is 1. The summed E-state index contributed by atoms with van der Waals surface area (Å²) in [6.07, 6.45) is 1.06. The molecule has 1 heterocycles. The van der Waals surface area contributed by atoms with Crippen LogP contribution in [0.2, 0.25) is 10.0 Å². The molecule has 1 aromatic heterocycles. The standard InChI is InChI=1S/C21H20Cl2FN3O5S2/c1-12(21(28)29)25-6-2-3-13-7-14(22)4-5-17(13)32-18-9-16(24)19(8-15(18)23)34(30,31)27-20-10-33-11-26-20/h4-5,7-12,25,27H,2-3,6H2,1H3,(H,28,29). The van der Waals surface area contributed by atoms with Crippen LogP contribution in [-0.2, 0) is 21.2 Å². The minimum absolute atomic E-state index is 0.0684. The minimum Gasteiger partial charge on any atom is -0.480 e. The van der Waals surface area contributed by atoms with E-state index >= 15 is 0 Å². The summed E-state index contributed by atoms with van der Waals surface area (Å²) in [6.45, 7) is 1.98. The highest BCUT2D eigenvalue weighted by atomic mass is 35.5. The molecule has 0 saturated heterocycles. The number of aliphatic carboxylic acids is 1. The molecule has 0 bridgehead atoms. The van der Waals surface area contributed by atoms with Crippen molar-refractivity contribution in [1.29, 1.82) is 0 Å². The molecule has 0 aliphatic carbocycles. The SMILES string of the molecule is CC(NCCCc1cc(Cl)ccc1Oc1cc(F)c(S(=O)(=O)Nc2cscn2)cc1Cl)C(=O)O. The molecular formula is C21H20Cl2FN3O5S2. The van der Waals surface area contributed by atoms with Gasteiger partial charge in [0, 0.05) is 16.5 Å². The van der Waals surface area contributed by atoms with E-state index < -0.39 is 32.7 Å². The fraction of sp³-hybridized carbons (Fsp3) is 0.238. The average molecular weight is 548 g/mol. The highest BCUT2D eigenvalue weighted by Gasteiger charge is 2.23. The lowest BCUT2D eigenvalue weighted by Gasteiger charge is -2.15. The maximum Gasteiger partial charge on any atom is 0.320 e. The number of hydrogen-bond donors (Lipinski definition) is 3. The zero-order valence-electron chi connectivity index (χ0n) is 17.7. The normalized spacial score (nSPS) is 12.4. The number of anilines is 1. The van der Waals surface area contributed by atoms with E-state index in [9.17, 15) is 17.6 Å². The third-order valence-corrected chi connectivity index (χ3v) is 7.12. The molecule has 2 aromatic carbocycles. The number of aromatic nitrogens is 1. The lowest BCUT2D eigenvalue weighted by atomic mass is 10.1. The van der Waals surface area contributed by atoms with Crippen LogP contribution in [0.1, 0.15) is 18.9 Å². The zero-order chi connectivity index (χ0) is 24.9. The first-order valence-electron chi connectivity index (χ1n) is 9.89. The van der Waals surface area contributed by atoms with Crippen LogP contribution in [0.3, 0.4) is 0 Å². The molecular weight excluding hydrogens is 528 g/mol. The van der Waals surface area contributed by atoms with E-state index in [1.54, 1.807) is 25.1 Å². The minimum atomic E-state index is -4.26. The molecule has 34 heavy (non-hydrogen) atoms. The summed E-state index contributed by atoms with van der Waals surface area (Å²) in [4.78, 5) is 14.1. The number of benzene rings is 2. The highest BCUT2D eigenvalue weighted by Crippen LogP contribution is 2.36. The van der Waals surface area contributed by atoms with Crippen molar-refractivity contribution in [2.24, 2.45) is 0 Å². The van der Waals surface area contributed by atoms with E-state index in [0.29, 0.717) is 35.7 Å². The largest absolute Gasteiger partial charge is 0.480 e. The van der Waals surface area contributed by atoms with Crippen LogP contribution in [0.25, 0.3) is 0 Å². The summed E-state index contributed by atoms with van der Waals surface area (Å²) < 4.78 is 47.8. The smallest absolute Gasteiger partial charge is 0.320 e. The molecule has 182 valence electrons. The Morgan fingerprint density at radius 3 is 2.71 bits per heavy atom. The van der Waals surface area contributed by atoms with Crippen molar-refractivity contribution < 1.29 is 27.4 Å². The highest BCUT2D eigenvalue weighted by molar-refractivity contribution is 7.92. The lowest BCUT2D eigenvalue weighted by Crippen LogP contribution is -2.34. The van der Waals surface area contributed by atoms with Gasteiger partial charge >= 0.3 is 5.97 Å². The summed E-state index contributed by atoms with van der Waals surface area (Å²) >= 11 is 13.5. The Kier molecular flexibility index (Phi) is 8.72. The monoisotopic (exact) mass is 547 g/mol. The number of nitrogens with zero attached hydrogens (tertiary/aromatic N) is 1. The van der Waals surface area contributed by atoms with E-state index in [1.807, 2.05) is 0 Å². The van der Waals surface area contributed by atoms with Crippen LogP contribution in [0.15, 0.2) is 46.1 Å². The summed E-state index contributed by atoms with van der Waals surface area (Å²) in [5.74, 6) is -1.65. The van der Waals surface area contributed by atoms with Crippen molar-refractivity contribution in [2.45, 2.75) is 30.7 Å². The summed E-state index contributed by atoms with van der Waals surface area (Å²) in [7, 11) is -4.26. The topological polar surface area (TPSA) is 118 Å². The number of carbonyl (C=O) groups is 1. The molecule has 0 fully saturated rings. The Bertz CT molecular complexity index is 1270. The summed E-state index contributed by atoms with van der Waals surface area (Å²) in [6, 6.07) is 6.04. The Morgan fingerprint density at radius 1 is 1.26 bits per heavy atom. The van der Waals surface area contributed by atoms with Gasteiger partial charge in [0.2, 0.25) is 0 Å². The molecule has 0 amide bonds. The summed E-state index contributed by atoms with van der Waals surface area (Å²) in [5.41, 5.74) is 2.13. The number of nitrogens with one attached hydrogen (secondary N) is 2. The van der Waals surface area contributed by atoms with E-state index in [0.717, 1.165) is 12.1 Å². The molecule has 13 heteroatoms. The van der Waals surface area contributed by atoms with Crippen molar-refractivity contribution in [3.05, 3.63) is 62.6 Å². The van der Waals surface area contributed by atoms with E-state index in [-0.39, 0.29) is 16.6 Å². The van der Waals surface area contributed by atoms with Crippen LogP contribution in [0.5, 0.6) is 11.5 Å². The number of aryl methyl sites for hydroxylation is 1. The second kappa shape index (κ2) is 11.3. The van der Waals surface area contributed by atoms with Gasteiger partial charge in [0.1, 0.15) is 28.3 Å². The molecule has 0 aliphatic heterocycles. The van der Waals surface area contributed by atoms with Crippen LogP contribution in [0, 0.1) is 5.82 Å². The first-order chi connectivity index (χ1) is 16.1. The molecule has 0 saturated carbocycles. The first kappa shape index (κ1) is 26.2. The number of rotatable bonds is 11. The number of sulfonamides is 1. The zero-order valence-corrected chi connectivity index (χ0v) is 20.9. The van der Waals surface area contributed by atoms with Crippen molar-refractivity contribution in [3.8, 4) is 11.5 Å². The van der Waals surface area contributed by atoms with Gasteiger partial charge in [0.05, 0.1) is 10.5 Å². The molecule has 1 unspecified atom stereocenters. The molecule has 8 nitrogen and oxygen atoms in total. The predicted octanol–water partition coefficient (Wildman–Crippen LogP) is 5.18. The third-order valence-electron chi connectivity index (χ3n) is 4.63. The van der Waals surface area contributed by atoms with Crippen LogP contribution in [-0.4, -0.2) is 37.1 Å². The van der Waals surface area contributed by atoms with Crippen LogP contribution >= 0.6 is 34.5 Å². The van der Waals surface area contributed by atoms with E-state index in [2.05, 4.69) is 15.0 Å². The van der Waals surface area contributed by atoms with Gasteiger partial charge in [-0.1, -0.05) is 23.2 Å². The molecule has 0 radical (unpaired) electrons. The molecule has 0 aliphatic rings. The summed E-state index contributed by atoms with van der Waals surface area (Å²) in [5, 5.41) is 13.6. The number of hydrogen-bond acceptors (Lipinski definition) is 7. The average Bonchev–Trinajstić information content (AvgIpc) is 3.27. The maximum absolute atomic E-state index is 14.8. The lowest BCUT2D eigenvalue weighted by molar-refractivity contribution is -0.138. The van der Waals surface area contributed by atoms with Gasteiger partial charge in [-0.15, -0.1) is 11.3 Å². The van der Waals surface area contributed by atoms with Crippen LogP contribution in [0.4, 0.5) is 10.2 Å². The second-order valence-electron chi connectivity index (χ2n) is 7.16. The maximum atomic E-state index is 14.8. The van der Waals surface area contributed by atoms with Crippen molar-refractivity contribution in [1.82, 2.24) is 10.3 Å². The van der Waals surface area contributed by atoms with Gasteiger partial charge < -0.3 is 15.2 Å². The Hall–Kier alpha value is -2.44. The fourth-order valence-corrected chi connectivity index (χ4v) is 5.00. The van der Waals surface area contributed by atoms with Gasteiger partial charge in [-0.05, 0) is 56.1 Å². The molecule has 3 rings (SSSR count). The predicted molar refractivity (Wildman–Crippen MR) is 129 cm³/mol. The Balaban J connectivity index is 1.77. The number of thiazole rings is 1. The molecule has 3 N–H and O–H groups in total. The Morgan fingerprint density at radius 2 is 2.03 bits per heavy atom. The van der Waals surface area contributed by atoms with Crippen molar-refractivity contribution in [3.63, 3.8) is 0 Å². The van der Waals surface area contributed by atoms with E-state index in [1.165, 1.54) is 22.2 Å². The van der Waals surface area contributed by atoms with Crippen molar-refractivity contribution >= 4 is 56.3 Å². The molecule has 0 spiro atoms. The quantitative estimate of drug-likeness (QED) is 0.283.